The molecule has 1 aromatic rings. The van der Waals surface area contributed by atoms with Gasteiger partial charge in [0.05, 0.1) is 24.6 Å². The first-order valence-electron chi connectivity index (χ1n) is 5.01. The quantitative estimate of drug-likeness (QED) is 0.621. The Labute approximate surface area is 115 Å². The van der Waals surface area contributed by atoms with Crippen LogP contribution in [0.3, 0.4) is 0 Å². The van der Waals surface area contributed by atoms with Crippen LogP contribution in [-0.2, 0) is 20.1 Å². The average molecular weight is 336 g/mol. The van der Waals surface area contributed by atoms with Crippen molar-refractivity contribution in [2.45, 2.75) is 5.33 Å². The van der Waals surface area contributed by atoms with E-state index < -0.39 is 16.0 Å². The number of methoxy groups -OCH3 is 1. The molecule has 1 aromatic carbocycles. The third-order valence-electron chi connectivity index (χ3n) is 2.41. The van der Waals surface area contributed by atoms with Crippen molar-refractivity contribution in [2.75, 3.05) is 24.7 Å². The number of rotatable bonds is 4. The Bertz CT molecular complexity index is 556. The van der Waals surface area contributed by atoms with E-state index in [1.165, 1.54) is 20.2 Å². The lowest BCUT2D eigenvalue weighted by Crippen LogP contribution is -2.25. The molecule has 0 aliphatic heterocycles. The van der Waals surface area contributed by atoms with Gasteiger partial charge in [-0.15, -0.1) is 0 Å². The molecule has 100 valence electrons. The minimum atomic E-state index is -3.36. The zero-order valence-electron chi connectivity index (χ0n) is 10.3. The normalized spacial score (nSPS) is 11.1. The van der Waals surface area contributed by atoms with Gasteiger partial charge in [-0.25, -0.2) is 13.2 Å². The molecule has 0 atom stereocenters. The van der Waals surface area contributed by atoms with Gasteiger partial charge in [-0.3, -0.25) is 4.31 Å². The summed E-state index contributed by atoms with van der Waals surface area (Å²) in [5.41, 5.74) is 1.54. The lowest BCUT2D eigenvalue weighted by molar-refractivity contribution is 0.0600. The molecule has 0 N–H and O–H groups in total. The van der Waals surface area contributed by atoms with Gasteiger partial charge in [0.2, 0.25) is 10.0 Å². The van der Waals surface area contributed by atoms with Gasteiger partial charge in [0.1, 0.15) is 0 Å². The van der Waals surface area contributed by atoms with Crippen LogP contribution in [0.2, 0.25) is 0 Å². The summed E-state index contributed by atoms with van der Waals surface area (Å²) in [5.74, 6) is -0.499. The largest absolute Gasteiger partial charge is 0.465 e. The SMILES string of the molecule is COC(=O)c1cc(CBr)cc(N(C)S(C)(=O)=O)c1. The smallest absolute Gasteiger partial charge is 0.337 e. The number of alkyl halides is 1. The molecule has 18 heavy (non-hydrogen) atoms. The standard InChI is InChI=1S/C11H14BrNO4S/c1-13(18(3,15)16)10-5-8(7-12)4-9(6-10)11(14)17-2/h4-6H,7H2,1-3H3. The fourth-order valence-electron chi connectivity index (χ4n) is 1.36. The summed E-state index contributed by atoms with van der Waals surface area (Å²) in [6.07, 6.45) is 1.10. The predicted octanol–water partition coefficient (Wildman–Crippen LogP) is 1.76. The molecule has 0 saturated heterocycles. The molecule has 0 amide bonds. The molecule has 0 heterocycles. The Balaban J connectivity index is 3.33. The van der Waals surface area contributed by atoms with Crippen LogP contribution < -0.4 is 4.31 Å². The van der Waals surface area contributed by atoms with E-state index in [4.69, 9.17) is 0 Å². The highest BCUT2D eigenvalue weighted by atomic mass is 79.9. The molecule has 0 saturated carbocycles. The van der Waals surface area contributed by atoms with Gasteiger partial charge in [-0.2, -0.15) is 0 Å². The van der Waals surface area contributed by atoms with Crippen molar-refractivity contribution in [1.29, 1.82) is 0 Å². The van der Waals surface area contributed by atoms with Crippen LogP contribution in [0.5, 0.6) is 0 Å². The number of sulfonamides is 1. The van der Waals surface area contributed by atoms with Gasteiger partial charge in [0.15, 0.2) is 0 Å². The van der Waals surface area contributed by atoms with Gasteiger partial charge in [0.25, 0.3) is 0 Å². The Hall–Kier alpha value is -1.08. The first-order valence-corrected chi connectivity index (χ1v) is 7.98. The maximum absolute atomic E-state index is 11.5. The minimum absolute atomic E-state index is 0.319. The molecule has 1 rings (SSSR count). The van der Waals surface area contributed by atoms with Crippen molar-refractivity contribution in [3.63, 3.8) is 0 Å². The van der Waals surface area contributed by atoms with Crippen LogP contribution in [0.1, 0.15) is 15.9 Å². The van der Waals surface area contributed by atoms with Crippen LogP contribution in [0.4, 0.5) is 5.69 Å². The van der Waals surface area contributed by atoms with Crippen LogP contribution in [0.15, 0.2) is 18.2 Å². The van der Waals surface area contributed by atoms with Crippen LogP contribution in [0, 0.1) is 0 Å². The van der Waals surface area contributed by atoms with E-state index in [0.29, 0.717) is 16.6 Å². The first kappa shape index (κ1) is 15.0. The van der Waals surface area contributed by atoms with E-state index in [1.54, 1.807) is 12.1 Å². The number of esters is 1. The summed E-state index contributed by atoms with van der Waals surface area (Å²) in [6.45, 7) is 0. The summed E-state index contributed by atoms with van der Waals surface area (Å²) in [4.78, 5) is 11.5. The zero-order valence-corrected chi connectivity index (χ0v) is 12.7. The Morgan fingerprint density at radius 1 is 1.39 bits per heavy atom. The fraction of sp³-hybridized carbons (Fsp3) is 0.364. The van der Waals surface area contributed by atoms with E-state index in [9.17, 15) is 13.2 Å². The molecule has 0 aromatic heterocycles. The van der Waals surface area contributed by atoms with Gasteiger partial charge in [0, 0.05) is 12.4 Å². The maximum Gasteiger partial charge on any atom is 0.337 e. The molecule has 0 aliphatic carbocycles. The number of nitrogens with zero attached hydrogens (tertiary/aromatic N) is 1. The highest BCUT2D eigenvalue weighted by Crippen LogP contribution is 2.22. The molecular weight excluding hydrogens is 322 g/mol. The van der Waals surface area contributed by atoms with Crippen LogP contribution in [-0.4, -0.2) is 34.8 Å². The summed E-state index contributed by atoms with van der Waals surface area (Å²) in [6, 6.07) is 4.83. The monoisotopic (exact) mass is 335 g/mol. The van der Waals surface area contributed by atoms with Crippen LogP contribution in [0.25, 0.3) is 0 Å². The number of carbonyl (C=O) groups excluding carboxylic acids is 1. The van der Waals surface area contributed by atoms with Crippen molar-refractivity contribution < 1.29 is 17.9 Å². The van der Waals surface area contributed by atoms with Crippen molar-refractivity contribution in [2.24, 2.45) is 0 Å². The summed E-state index contributed by atoms with van der Waals surface area (Å²) >= 11 is 3.28. The highest BCUT2D eigenvalue weighted by molar-refractivity contribution is 9.08. The van der Waals surface area contributed by atoms with E-state index in [1.807, 2.05) is 0 Å². The molecule has 0 bridgehead atoms. The molecule has 7 heteroatoms. The van der Waals surface area contributed by atoms with E-state index in [0.717, 1.165) is 16.1 Å². The van der Waals surface area contributed by atoms with Gasteiger partial charge >= 0.3 is 5.97 Å². The first-order chi connectivity index (χ1) is 8.29. The molecule has 0 fully saturated rings. The Kier molecular flexibility index (Phi) is 4.75. The molecular formula is C11H14BrNO4S. The number of halogens is 1. The van der Waals surface area contributed by atoms with Crippen molar-refractivity contribution in [3.8, 4) is 0 Å². The lowest BCUT2D eigenvalue weighted by atomic mass is 10.1. The van der Waals surface area contributed by atoms with Gasteiger partial charge in [-0.05, 0) is 23.8 Å². The second-order valence-electron chi connectivity index (χ2n) is 3.74. The second-order valence-corrected chi connectivity index (χ2v) is 6.32. The third-order valence-corrected chi connectivity index (χ3v) is 4.27. The zero-order chi connectivity index (χ0) is 13.9. The van der Waals surface area contributed by atoms with E-state index >= 15 is 0 Å². The van der Waals surface area contributed by atoms with E-state index in [-0.39, 0.29) is 0 Å². The van der Waals surface area contributed by atoms with Crippen molar-refractivity contribution >= 4 is 37.6 Å². The summed E-state index contributed by atoms with van der Waals surface area (Å²) in [7, 11) is -0.649. The van der Waals surface area contributed by atoms with Crippen molar-refractivity contribution in [1.82, 2.24) is 0 Å². The molecule has 0 aliphatic rings. The second kappa shape index (κ2) is 5.71. The van der Waals surface area contributed by atoms with Gasteiger partial charge < -0.3 is 4.74 Å². The predicted molar refractivity (Wildman–Crippen MR) is 73.7 cm³/mol. The number of benzene rings is 1. The molecule has 5 nitrogen and oxygen atoms in total. The number of hydrogen-bond donors (Lipinski definition) is 0. The molecule has 0 spiro atoms. The molecule has 0 radical (unpaired) electrons. The minimum Gasteiger partial charge on any atom is -0.465 e. The summed E-state index contributed by atoms with van der Waals surface area (Å²) in [5, 5.41) is 0.516. The maximum atomic E-state index is 11.5. The average Bonchev–Trinajstić information content (AvgIpc) is 2.35. The summed E-state index contributed by atoms with van der Waals surface area (Å²) < 4.78 is 28.7. The number of ether oxygens (including phenoxy) is 1. The highest BCUT2D eigenvalue weighted by Gasteiger charge is 2.16. The fourth-order valence-corrected chi connectivity index (χ4v) is 2.17. The van der Waals surface area contributed by atoms with E-state index in [2.05, 4.69) is 20.7 Å². The Morgan fingerprint density at radius 2 is 2.00 bits per heavy atom. The van der Waals surface area contributed by atoms with Crippen molar-refractivity contribution in [3.05, 3.63) is 29.3 Å². The lowest BCUT2D eigenvalue weighted by Gasteiger charge is -2.18. The third kappa shape index (κ3) is 3.46. The topological polar surface area (TPSA) is 63.7 Å². The Morgan fingerprint density at radius 3 is 2.44 bits per heavy atom. The number of carbonyl (C=O) groups is 1. The number of hydrogen-bond acceptors (Lipinski definition) is 4. The molecule has 0 unspecified atom stereocenters. The van der Waals surface area contributed by atoms with Crippen LogP contribution >= 0.6 is 15.9 Å². The number of anilines is 1. The van der Waals surface area contributed by atoms with Gasteiger partial charge in [-0.1, -0.05) is 15.9 Å².